The standard InChI is InChI=1S/C6H13NO.ClH/c1-2-7-3-6(4-7)5-8;/h6,8H,2-5H2,1H3;1H. The molecule has 0 aromatic carbocycles. The lowest BCUT2D eigenvalue weighted by Crippen LogP contribution is -2.47. The second kappa shape index (κ2) is 4.09. The lowest BCUT2D eigenvalue weighted by Gasteiger charge is -2.37. The van der Waals surface area contributed by atoms with Crippen LogP contribution in [0.25, 0.3) is 0 Å². The summed E-state index contributed by atoms with van der Waals surface area (Å²) in [6, 6.07) is 0. The topological polar surface area (TPSA) is 23.5 Å². The summed E-state index contributed by atoms with van der Waals surface area (Å²) in [5, 5.41) is 8.57. The summed E-state index contributed by atoms with van der Waals surface area (Å²) < 4.78 is 0. The summed E-state index contributed by atoms with van der Waals surface area (Å²) in [6.07, 6.45) is 0. The van der Waals surface area contributed by atoms with Gasteiger partial charge in [0.15, 0.2) is 0 Å². The first-order valence-electron chi connectivity index (χ1n) is 3.20. The molecule has 0 amide bonds. The number of aliphatic hydroxyl groups is 1. The Morgan fingerprint density at radius 3 is 2.44 bits per heavy atom. The van der Waals surface area contributed by atoms with Gasteiger partial charge in [0.2, 0.25) is 0 Å². The van der Waals surface area contributed by atoms with Crippen LogP contribution in [0.15, 0.2) is 0 Å². The molecule has 0 aliphatic carbocycles. The van der Waals surface area contributed by atoms with Crippen molar-refractivity contribution in [2.45, 2.75) is 6.92 Å². The molecule has 1 saturated heterocycles. The predicted octanol–water partition coefficient (Wildman–Crippen LogP) is 0.352. The van der Waals surface area contributed by atoms with Gasteiger partial charge in [0, 0.05) is 25.6 Å². The highest BCUT2D eigenvalue weighted by molar-refractivity contribution is 5.85. The molecule has 0 unspecified atom stereocenters. The molecule has 0 radical (unpaired) electrons. The normalized spacial score (nSPS) is 20.7. The van der Waals surface area contributed by atoms with E-state index in [-0.39, 0.29) is 12.4 Å². The fourth-order valence-corrected chi connectivity index (χ4v) is 1.05. The van der Waals surface area contributed by atoms with E-state index in [0.717, 1.165) is 19.6 Å². The Kier molecular flexibility index (Phi) is 4.19. The zero-order valence-corrected chi connectivity index (χ0v) is 6.52. The Morgan fingerprint density at radius 2 is 2.11 bits per heavy atom. The number of aliphatic hydroxyl groups excluding tert-OH is 1. The summed E-state index contributed by atoms with van der Waals surface area (Å²) >= 11 is 0. The molecule has 3 heteroatoms. The molecule has 1 heterocycles. The number of rotatable bonds is 2. The molecular formula is C6H14ClNO. The summed E-state index contributed by atoms with van der Waals surface area (Å²) in [6.45, 7) is 5.86. The van der Waals surface area contributed by atoms with Crippen LogP contribution in [0, 0.1) is 5.92 Å². The van der Waals surface area contributed by atoms with Crippen LogP contribution in [0.5, 0.6) is 0 Å². The molecule has 0 atom stereocenters. The van der Waals surface area contributed by atoms with Crippen LogP contribution in [0.3, 0.4) is 0 Å². The Morgan fingerprint density at radius 1 is 1.56 bits per heavy atom. The zero-order chi connectivity index (χ0) is 5.98. The first kappa shape index (κ1) is 9.21. The largest absolute Gasteiger partial charge is 0.396 e. The Hall–Kier alpha value is 0.210. The molecule has 0 aromatic heterocycles. The van der Waals surface area contributed by atoms with Crippen LogP contribution in [0.2, 0.25) is 0 Å². The highest BCUT2D eigenvalue weighted by Gasteiger charge is 2.23. The number of halogens is 1. The second-order valence-corrected chi connectivity index (χ2v) is 2.40. The van der Waals surface area contributed by atoms with Gasteiger partial charge in [-0.1, -0.05) is 6.92 Å². The van der Waals surface area contributed by atoms with Crippen molar-refractivity contribution >= 4 is 12.4 Å². The number of nitrogens with zero attached hydrogens (tertiary/aromatic N) is 1. The van der Waals surface area contributed by atoms with Crippen LogP contribution >= 0.6 is 12.4 Å². The van der Waals surface area contributed by atoms with Crippen molar-refractivity contribution in [2.75, 3.05) is 26.2 Å². The number of hydrogen-bond acceptors (Lipinski definition) is 2. The van der Waals surface area contributed by atoms with E-state index in [9.17, 15) is 0 Å². The summed E-state index contributed by atoms with van der Waals surface area (Å²) in [7, 11) is 0. The molecule has 1 aliphatic rings. The maximum Gasteiger partial charge on any atom is 0.0483 e. The van der Waals surface area contributed by atoms with E-state index >= 15 is 0 Å². The van der Waals surface area contributed by atoms with Crippen LogP contribution in [-0.2, 0) is 0 Å². The van der Waals surface area contributed by atoms with Gasteiger partial charge in [-0.25, -0.2) is 0 Å². The first-order chi connectivity index (χ1) is 3.86. The van der Waals surface area contributed by atoms with E-state index in [4.69, 9.17) is 5.11 Å². The quantitative estimate of drug-likeness (QED) is 0.616. The van der Waals surface area contributed by atoms with Gasteiger partial charge in [-0.15, -0.1) is 12.4 Å². The van der Waals surface area contributed by atoms with Gasteiger partial charge < -0.3 is 10.0 Å². The van der Waals surface area contributed by atoms with Crippen LogP contribution in [0.1, 0.15) is 6.92 Å². The van der Waals surface area contributed by atoms with Crippen molar-refractivity contribution in [2.24, 2.45) is 5.92 Å². The number of hydrogen-bond donors (Lipinski definition) is 1. The highest BCUT2D eigenvalue weighted by Crippen LogP contribution is 2.12. The van der Waals surface area contributed by atoms with E-state index in [1.165, 1.54) is 0 Å². The lowest BCUT2D eigenvalue weighted by atomic mass is 10.0. The SMILES string of the molecule is CCN1CC(CO)C1.Cl. The summed E-state index contributed by atoms with van der Waals surface area (Å²) in [4.78, 5) is 2.32. The van der Waals surface area contributed by atoms with Gasteiger partial charge >= 0.3 is 0 Å². The third kappa shape index (κ3) is 2.12. The fourth-order valence-electron chi connectivity index (χ4n) is 1.05. The average molecular weight is 152 g/mol. The second-order valence-electron chi connectivity index (χ2n) is 2.40. The van der Waals surface area contributed by atoms with E-state index in [1.807, 2.05) is 0 Å². The maximum atomic E-state index is 8.57. The summed E-state index contributed by atoms with van der Waals surface area (Å²) in [5.41, 5.74) is 0. The molecule has 1 rings (SSSR count). The first-order valence-corrected chi connectivity index (χ1v) is 3.20. The average Bonchev–Trinajstić information content (AvgIpc) is 1.65. The van der Waals surface area contributed by atoms with Crippen molar-refractivity contribution in [1.82, 2.24) is 4.90 Å². The van der Waals surface area contributed by atoms with E-state index in [0.29, 0.717) is 12.5 Å². The molecule has 1 aliphatic heterocycles. The Balaban J connectivity index is 0.000000640. The van der Waals surface area contributed by atoms with E-state index in [2.05, 4.69) is 11.8 Å². The van der Waals surface area contributed by atoms with Gasteiger partial charge in [-0.05, 0) is 6.54 Å². The molecule has 1 N–H and O–H groups in total. The van der Waals surface area contributed by atoms with Crippen molar-refractivity contribution in [3.8, 4) is 0 Å². The molecular weight excluding hydrogens is 138 g/mol. The van der Waals surface area contributed by atoms with Gasteiger partial charge in [0.25, 0.3) is 0 Å². The van der Waals surface area contributed by atoms with Crippen molar-refractivity contribution < 1.29 is 5.11 Å². The smallest absolute Gasteiger partial charge is 0.0483 e. The van der Waals surface area contributed by atoms with Crippen LogP contribution in [0.4, 0.5) is 0 Å². The third-order valence-electron chi connectivity index (χ3n) is 1.74. The fraction of sp³-hybridized carbons (Fsp3) is 1.00. The molecule has 0 aromatic rings. The van der Waals surface area contributed by atoms with Gasteiger partial charge in [0.1, 0.15) is 0 Å². The molecule has 0 bridgehead atoms. The zero-order valence-electron chi connectivity index (χ0n) is 5.71. The minimum Gasteiger partial charge on any atom is -0.396 e. The molecule has 1 fully saturated rings. The molecule has 9 heavy (non-hydrogen) atoms. The molecule has 2 nitrogen and oxygen atoms in total. The van der Waals surface area contributed by atoms with E-state index < -0.39 is 0 Å². The minimum absolute atomic E-state index is 0. The molecule has 56 valence electrons. The highest BCUT2D eigenvalue weighted by atomic mass is 35.5. The van der Waals surface area contributed by atoms with Gasteiger partial charge in [-0.3, -0.25) is 0 Å². The van der Waals surface area contributed by atoms with E-state index in [1.54, 1.807) is 0 Å². The van der Waals surface area contributed by atoms with Gasteiger partial charge in [-0.2, -0.15) is 0 Å². The van der Waals surface area contributed by atoms with Crippen molar-refractivity contribution in [3.63, 3.8) is 0 Å². The summed E-state index contributed by atoms with van der Waals surface area (Å²) in [5.74, 6) is 0.579. The minimum atomic E-state index is 0. The molecule has 0 spiro atoms. The van der Waals surface area contributed by atoms with Crippen LogP contribution < -0.4 is 0 Å². The van der Waals surface area contributed by atoms with Gasteiger partial charge in [0.05, 0.1) is 0 Å². The van der Waals surface area contributed by atoms with Crippen molar-refractivity contribution in [3.05, 3.63) is 0 Å². The number of likely N-dealkylation sites (tertiary alicyclic amines) is 1. The third-order valence-corrected chi connectivity index (χ3v) is 1.74. The monoisotopic (exact) mass is 151 g/mol. The van der Waals surface area contributed by atoms with Crippen LogP contribution in [-0.4, -0.2) is 36.2 Å². The maximum absolute atomic E-state index is 8.57. The predicted molar refractivity (Wildman–Crippen MR) is 39.9 cm³/mol. The molecule has 0 saturated carbocycles. The Labute approximate surface area is 62.3 Å². The Bertz CT molecular complexity index is 65.5. The lowest BCUT2D eigenvalue weighted by molar-refractivity contribution is 0.0587. The van der Waals surface area contributed by atoms with Crippen molar-refractivity contribution in [1.29, 1.82) is 0 Å².